The smallest absolute Gasteiger partial charge is 0.316 e. The lowest BCUT2D eigenvalue weighted by atomic mass is 9.89. The van der Waals surface area contributed by atoms with Gasteiger partial charge in [0, 0.05) is 24.3 Å². The average Bonchev–Trinajstić information content (AvgIpc) is 2.67. The van der Waals surface area contributed by atoms with Gasteiger partial charge in [-0.2, -0.15) is 5.26 Å². The quantitative estimate of drug-likeness (QED) is 0.793. The number of nitrogens with zero attached hydrogens (tertiary/aromatic N) is 2. The zero-order chi connectivity index (χ0) is 19.4. The van der Waals surface area contributed by atoms with Crippen molar-refractivity contribution in [3.63, 3.8) is 0 Å². The fourth-order valence-electron chi connectivity index (χ4n) is 3.26. The maximum atomic E-state index is 12.2. The molecule has 0 spiro atoms. The summed E-state index contributed by atoms with van der Waals surface area (Å²) in [5, 5.41) is 21.4. The third-order valence-electron chi connectivity index (χ3n) is 4.68. The standard InChI is InChI=1S/C21H19N3O3/c1-14-10-17-11-15(13-22)12-20(16-5-7-18(8-6-16)24(26)27)19(17)4-2-3-9-23-21(14)25/h5-8,10-12H,2-4,9H2,1H3,(H-,23,25,26,27)/p+1/b14-10+. The van der Waals surface area contributed by atoms with Crippen LogP contribution < -0.4 is 5.32 Å². The highest BCUT2D eigenvalue weighted by Gasteiger charge is 2.16. The number of hydrogen-bond acceptors (Lipinski definition) is 3. The van der Waals surface area contributed by atoms with Crippen LogP contribution in [0.2, 0.25) is 0 Å². The molecule has 1 heterocycles. The fraction of sp³-hybridized carbons (Fsp3) is 0.238. The Kier molecular flexibility index (Phi) is 5.32. The van der Waals surface area contributed by atoms with Gasteiger partial charge in [0.25, 0.3) is 4.92 Å². The van der Waals surface area contributed by atoms with Crippen LogP contribution in [0.25, 0.3) is 17.2 Å². The van der Waals surface area contributed by atoms with E-state index in [0.29, 0.717) is 17.7 Å². The largest absolute Gasteiger partial charge is 0.352 e. The van der Waals surface area contributed by atoms with Crippen LogP contribution in [0.1, 0.15) is 36.5 Å². The topological polar surface area (TPSA) is 93.2 Å². The Hall–Kier alpha value is -3.46. The van der Waals surface area contributed by atoms with Crippen molar-refractivity contribution in [3.05, 3.63) is 63.6 Å². The second-order valence-corrected chi connectivity index (χ2v) is 6.56. The van der Waals surface area contributed by atoms with Crippen LogP contribution in [0.4, 0.5) is 5.69 Å². The molecule has 6 heteroatoms. The third-order valence-corrected chi connectivity index (χ3v) is 4.68. The number of benzene rings is 2. The molecular weight excluding hydrogens is 342 g/mol. The van der Waals surface area contributed by atoms with Gasteiger partial charge in [-0.1, -0.05) is 0 Å². The summed E-state index contributed by atoms with van der Waals surface area (Å²) in [5.41, 5.74) is 4.91. The van der Waals surface area contributed by atoms with Crippen molar-refractivity contribution < 1.29 is 14.9 Å². The van der Waals surface area contributed by atoms with Crippen molar-refractivity contribution in [2.24, 2.45) is 0 Å². The minimum Gasteiger partial charge on any atom is -0.352 e. The van der Waals surface area contributed by atoms with Gasteiger partial charge in [-0.25, -0.2) is 5.21 Å². The predicted molar refractivity (Wildman–Crippen MR) is 101 cm³/mol. The monoisotopic (exact) mass is 362 g/mol. The zero-order valence-electron chi connectivity index (χ0n) is 15.0. The fourth-order valence-corrected chi connectivity index (χ4v) is 3.26. The molecule has 0 aliphatic carbocycles. The first kappa shape index (κ1) is 18.3. The molecule has 2 N–H and O–H groups in total. The number of nitrogens with one attached hydrogen (secondary N) is 1. The van der Waals surface area contributed by atoms with Crippen molar-refractivity contribution in [3.8, 4) is 17.2 Å². The Morgan fingerprint density at radius 2 is 1.93 bits per heavy atom. The molecule has 3 rings (SSSR count). The van der Waals surface area contributed by atoms with E-state index in [0.717, 1.165) is 41.5 Å². The normalized spacial score (nSPS) is 16.3. The lowest BCUT2D eigenvalue weighted by molar-refractivity contribution is -0.729. The molecule has 0 radical (unpaired) electrons. The average molecular weight is 362 g/mol. The van der Waals surface area contributed by atoms with E-state index < -0.39 is 0 Å². The van der Waals surface area contributed by atoms with Gasteiger partial charge in [0.05, 0.1) is 16.5 Å². The van der Waals surface area contributed by atoms with Gasteiger partial charge in [0.2, 0.25) is 5.91 Å². The molecule has 0 saturated heterocycles. The highest BCUT2D eigenvalue weighted by atomic mass is 16.6. The number of carbonyl (C=O) groups excluding carboxylic acids is 1. The first-order valence-corrected chi connectivity index (χ1v) is 8.79. The molecule has 2 aromatic rings. The number of amides is 1. The van der Waals surface area contributed by atoms with Gasteiger partial charge in [-0.3, -0.25) is 4.79 Å². The van der Waals surface area contributed by atoms with Crippen LogP contribution in [0.3, 0.4) is 0 Å². The Bertz CT molecular complexity index is 969. The van der Waals surface area contributed by atoms with Gasteiger partial charge in [-0.05, 0) is 78.8 Å². The SMILES string of the molecule is C/C1=C\c2cc(C#N)cc(-c3ccc([N+](=O)O)cc3)c2CCCCNC1=O. The number of carbonyl (C=O) groups is 1. The molecule has 0 aromatic heterocycles. The highest BCUT2D eigenvalue weighted by molar-refractivity contribution is 5.97. The van der Waals surface area contributed by atoms with Crippen molar-refractivity contribution >= 4 is 17.7 Å². The molecule has 0 saturated carbocycles. The molecule has 0 bridgehead atoms. The van der Waals surface area contributed by atoms with Crippen LogP contribution >= 0.6 is 0 Å². The van der Waals surface area contributed by atoms with Gasteiger partial charge >= 0.3 is 5.69 Å². The first-order chi connectivity index (χ1) is 13.0. The molecule has 1 amide bonds. The van der Waals surface area contributed by atoms with Crippen molar-refractivity contribution in [1.29, 1.82) is 5.26 Å². The molecule has 0 fully saturated rings. The molecule has 0 unspecified atom stereocenters. The summed E-state index contributed by atoms with van der Waals surface area (Å²) >= 11 is 0. The maximum Gasteiger partial charge on any atom is 0.316 e. The van der Waals surface area contributed by atoms with E-state index in [-0.39, 0.29) is 16.5 Å². The van der Waals surface area contributed by atoms with E-state index in [9.17, 15) is 15.0 Å². The number of nitriles is 1. The Morgan fingerprint density at radius 3 is 2.59 bits per heavy atom. The molecule has 1 aliphatic heterocycles. The predicted octanol–water partition coefficient (Wildman–Crippen LogP) is 3.88. The zero-order valence-corrected chi connectivity index (χ0v) is 15.0. The minimum atomic E-state index is -0.182. The molecule has 1 aliphatic rings. The van der Waals surface area contributed by atoms with E-state index in [1.165, 1.54) is 12.1 Å². The minimum absolute atomic E-state index is 0.102. The summed E-state index contributed by atoms with van der Waals surface area (Å²) in [7, 11) is 0. The summed E-state index contributed by atoms with van der Waals surface area (Å²) in [4.78, 5) is 23.0. The highest BCUT2D eigenvalue weighted by Crippen LogP contribution is 2.32. The van der Waals surface area contributed by atoms with E-state index >= 15 is 0 Å². The molecule has 6 nitrogen and oxygen atoms in total. The van der Waals surface area contributed by atoms with E-state index in [1.54, 1.807) is 25.1 Å². The van der Waals surface area contributed by atoms with Crippen LogP contribution in [0.15, 0.2) is 42.0 Å². The molecule has 0 atom stereocenters. The third kappa shape index (κ3) is 4.04. The Labute approximate surface area is 157 Å². The summed E-state index contributed by atoms with van der Waals surface area (Å²) in [6.07, 6.45) is 4.40. The van der Waals surface area contributed by atoms with E-state index in [4.69, 9.17) is 5.21 Å². The van der Waals surface area contributed by atoms with Crippen molar-refractivity contribution in [2.75, 3.05) is 6.54 Å². The second kappa shape index (κ2) is 7.83. The van der Waals surface area contributed by atoms with Crippen molar-refractivity contribution in [2.45, 2.75) is 26.2 Å². The van der Waals surface area contributed by atoms with Gasteiger partial charge in [-0.15, -0.1) is 0 Å². The van der Waals surface area contributed by atoms with Crippen LogP contribution in [-0.4, -0.2) is 22.6 Å². The molecule has 27 heavy (non-hydrogen) atoms. The summed E-state index contributed by atoms with van der Waals surface area (Å²) < 4.78 is 0. The lowest BCUT2D eigenvalue weighted by Gasteiger charge is -2.17. The Morgan fingerprint density at radius 1 is 1.19 bits per heavy atom. The summed E-state index contributed by atoms with van der Waals surface area (Å²) in [5.74, 6) is -0.102. The summed E-state index contributed by atoms with van der Waals surface area (Å²) in [6, 6.07) is 12.4. The van der Waals surface area contributed by atoms with Crippen LogP contribution in [0, 0.1) is 16.2 Å². The number of hydrogen-bond donors (Lipinski definition) is 2. The molecule has 136 valence electrons. The van der Waals surface area contributed by atoms with Gasteiger partial charge in [0.15, 0.2) is 0 Å². The van der Waals surface area contributed by atoms with Crippen LogP contribution in [0.5, 0.6) is 0 Å². The molecule has 2 aromatic carbocycles. The molecular formula is C21H20N3O3+. The van der Waals surface area contributed by atoms with E-state index in [2.05, 4.69) is 11.4 Å². The second-order valence-electron chi connectivity index (χ2n) is 6.56. The van der Waals surface area contributed by atoms with Gasteiger partial charge < -0.3 is 5.32 Å². The van der Waals surface area contributed by atoms with Crippen LogP contribution in [-0.2, 0) is 11.2 Å². The first-order valence-electron chi connectivity index (χ1n) is 8.79. The number of fused-ring (bicyclic) bond motifs is 1. The van der Waals surface area contributed by atoms with Gasteiger partial charge in [0.1, 0.15) is 0 Å². The van der Waals surface area contributed by atoms with Crippen molar-refractivity contribution in [1.82, 2.24) is 5.32 Å². The summed E-state index contributed by atoms with van der Waals surface area (Å²) in [6.45, 7) is 2.40. The maximum absolute atomic E-state index is 12.2. The Balaban J connectivity index is 2.19. The number of rotatable bonds is 2. The van der Waals surface area contributed by atoms with E-state index in [1.807, 2.05) is 12.1 Å². The lowest BCUT2D eigenvalue weighted by Crippen LogP contribution is -2.25.